The first-order valence-electron chi connectivity index (χ1n) is 16.9. The number of rotatable bonds is 10. The predicted octanol–water partition coefficient (Wildman–Crippen LogP) is 8.37. The van der Waals surface area contributed by atoms with Crippen LogP contribution >= 0.6 is 22.9 Å². The molecule has 0 saturated carbocycles. The van der Waals surface area contributed by atoms with Gasteiger partial charge in [0.2, 0.25) is 0 Å². The molecule has 2 aromatic heterocycles. The molecule has 1 aliphatic rings. The molecular formula is C42H36ClN3O4S. The topological polar surface area (TPSA) is 74.8 Å². The lowest BCUT2D eigenvalue weighted by molar-refractivity contribution is -0.139. The van der Waals surface area contributed by atoms with Crippen molar-refractivity contribution in [3.8, 4) is 34.0 Å². The highest BCUT2D eigenvalue weighted by molar-refractivity contribution is 7.07. The van der Waals surface area contributed by atoms with Gasteiger partial charge in [-0.05, 0) is 66.9 Å². The van der Waals surface area contributed by atoms with Crippen LogP contribution in [0.2, 0.25) is 5.02 Å². The quantitative estimate of drug-likeness (QED) is 0.134. The third kappa shape index (κ3) is 6.49. The van der Waals surface area contributed by atoms with E-state index in [2.05, 4.69) is 47.0 Å². The highest BCUT2D eigenvalue weighted by atomic mass is 35.5. The van der Waals surface area contributed by atoms with E-state index in [1.807, 2.05) is 67.6 Å². The molecule has 256 valence electrons. The van der Waals surface area contributed by atoms with Gasteiger partial charge in [0.15, 0.2) is 4.80 Å². The van der Waals surface area contributed by atoms with Crippen LogP contribution in [0.5, 0.6) is 5.75 Å². The lowest BCUT2D eigenvalue weighted by Gasteiger charge is -2.27. The van der Waals surface area contributed by atoms with Crippen LogP contribution in [0.4, 0.5) is 0 Å². The number of hydrogen-bond donors (Lipinski definition) is 0. The summed E-state index contributed by atoms with van der Waals surface area (Å²) >= 11 is 7.85. The number of aromatic nitrogens is 2. The van der Waals surface area contributed by atoms with E-state index in [9.17, 15) is 9.59 Å². The Labute approximate surface area is 305 Å². The minimum atomic E-state index is -0.861. The summed E-state index contributed by atoms with van der Waals surface area (Å²) in [6.45, 7) is 3.97. The highest BCUT2D eigenvalue weighted by Gasteiger charge is 2.36. The number of carbonyl (C=O) groups excluding carboxylic acids is 1. The van der Waals surface area contributed by atoms with Gasteiger partial charge in [0.05, 0.1) is 40.9 Å². The van der Waals surface area contributed by atoms with E-state index in [1.54, 1.807) is 36.8 Å². The average Bonchev–Trinajstić information content (AvgIpc) is 3.69. The summed E-state index contributed by atoms with van der Waals surface area (Å²) in [5.41, 5.74) is 7.01. The Bertz CT molecular complexity index is 2430. The Balaban J connectivity index is 1.54. The molecule has 1 aliphatic heterocycles. The van der Waals surface area contributed by atoms with Crippen molar-refractivity contribution in [1.82, 2.24) is 9.13 Å². The van der Waals surface area contributed by atoms with Crippen molar-refractivity contribution in [2.45, 2.75) is 32.7 Å². The van der Waals surface area contributed by atoms with Crippen LogP contribution in [0.25, 0.3) is 34.3 Å². The molecule has 9 heteroatoms. The second-order valence-corrected chi connectivity index (χ2v) is 13.5. The Morgan fingerprint density at radius 3 is 2.22 bits per heavy atom. The maximum atomic E-state index is 14.8. The molecule has 0 radical (unpaired) electrons. The molecule has 6 aromatic rings. The van der Waals surface area contributed by atoms with Crippen LogP contribution in [0.1, 0.15) is 43.9 Å². The number of benzene rings is 4. The summed E-state index contributed by atoms with van der Waals surface area (Å²) < 4.78 is 15.7. The Morgan fingerprint density at radius 2 is 1.57 bits per heavy atom. The second-order valence-electron chi connectivity index (χ2n) is 12.0. The van der Waals surface area contributed by atoms with E-state index >= 15 is 0 Å². The number of esters is 1. The Kier molecular flexibility index (Phi) is 9.88. The van der Waals surface area contributed by atoms with Gasteiger partial charge in [-0.1, -0.05) is 115 Å². The van der Waals surface area contributed by atoms with E-state index in [1.165, 1.54) is 11.3 Å². The zero-order chi connectivity index (χ0) is 35.5. The molecule has 0 N–H and O–H groups in total. The molecule has 0 unspecified atom stereocenters. The smallest absolute Gasteiger partial charge is 0.338 e. The largest absolute Gasteiger partial charge is 0.496 e. The van der Waals surface area contributed by atoms with E-state index in [4.69, 9.17) is 26.1 Å². The molecule has 0 bridgehead atoms. The SMILES string of the molecule is CCCC1=C(C(=O)OCC)[C@H](c2cc(Cl)ccc2OC)n2c(s/c(=C/c3cc(-c4ccccc4)n(-c4ccccc4)c3-c3ccccc3)c2=O)=N1. The monoisotopic (exact) mass is 713 g/mol. The van der Waals surface area contributed by atoms with Crippen LogP contribution in [-0.4, -0.2) is 28.8 Å². The summed E-state index contributed by atoms with van der Waals surface area (Å²) in [4.78, 5) is 34.0. The van der Waals surface area contributed by atoms with Crippen LogP contribution in [-0.2, 0) is 9.53 Å². The average molecular weight is 714 g/mol. The Hall–Kier alpha value is -5.44. The second kappa shape index (κ2) is 14.8. The van der Waals surface area contributed by atoms with Crippen molar-refractivity contribution in [3.63, 3.8) is 0 Å². The van der Waals surface area contributed by atoms with Gasteiger partial charge in [0, 0.05) is 21.8 Å². The number of methoxy groups -OCH3 is 1. The predicted molar refractivity (Wildman–Crippen MR) is 204 cm³/mol. The molecule has 7 nitrogen and oxygen atoms in total. The van der Waals surface area contributed by atoms with Crippen molar-refractivity contribution in [2.75, 3.05) is 13.7 Å². The fourth-order valence-electron chi connectivity index (χ4n) is 6.67. The molecular weight excluding hydrogens is 678 g/mol. The van der Waals surface area contributed by atoms with Crippen molar-refractivity contribution in [3.05, 3.63) is 162 Å². The van der Waals surface area contributed by atoms with Gasteiger partial charge in [-0.3, -0.25) is 9.36 Å². The molecule has 0 saturated heterocycles. The fraction of sp³-hybridized carbons (Fsp3) is 0.167. The van der Waals surface area contributed by atoms with Gasteiger partial charge in [-0.15, -0.1) is 0 Å². The summed E-state index contributed by atoms with van der Waals surface area (Å²) in [5.74, 6) is -0.0258. The zero-order valence-corrected chi connectivity index (χ0v) is 30.1. The number of halogens is 1. The molecule has 0 amide bonds. The van der Waals surface area contributed by atoms with Gasteiger partial charge in [-0.2, -0.15) is 0 Å². The highest BCUT2D eigenvalue weighted by Crippen LogP contribution is 2.39. The Morgan fingerprint density at radius 1 is 0.902 bits per heavy atom. The zero-order valence-electron chi connectivity index (χ0n) is 28.5. The van der Waals surface area contributed by atoms with Gasteiger partial charge < -0.3 is 14.0 Å². The third-order valence-electron chi connectivity index (χ3n) is 8.83. The lowest BCUT2D eigenvalue weighted by Crippen LogP contribution is -2.40. The first-order valence-corrected chi connectivity index (χ1v) is 18.1. The fourth-order valence-corrected chi connectivity index (χ4v) is 7.86. The molecule has 0 aliphatic carbocycles. The summed E-state index contributed by atoms with van der Waals surface area (Å²) in [6, 6.07) is 37.1. The number of nitrogens with zero attached hydrogens (tertiary/aromatic N) is 3. The van der Waals surface area contributed by atoms with Crippen molar-refractivity contribution < 1.29 is 14.3 Å². The van der Waals surface area contributed by atoms with Crippen molar-refractivity contribution in [2.24, 2.45) is 4.99 Å². The normalized spacial score (nSPS) is 14.3. The number of allylic oxidation sites excluding steroid dienone is 1. The van der Waals surface area contributed by atoms with Gasteiger partial charge in [-0.25, -0.2) is 9.79 Å². The molecule has 1 atom stereocenters. The van der Waals surface area contributed by atoms with E-state index < -0.39 is 12.0 Å². The van der Waals surface area contributed by atoms with Crippen molar-refractivity contribution >= 4 is 35.0 Å². The number of hydrogen-bond acceptors (Lipinski definition) is 6. The molecule has 0 spiro atoms. The molecule has 3 heterocycles. The van der Waals surface area contributed by atoms with Crippen molar-refractivity contribution in [1.29, 1.82) is 0 Å². The molecule has 4 aromatic carbocycles. The maximum Gasteiger partial charge on any atom is 0.338 e. The third-order valence-corrected chi connectivity index (χ3v) is 10.0. The number of fused-ring (bicyclic) bond motifs is 1. The first kappa shape index (κ1) is 34.0. The summed E-state index contributed by atoms with van der Waals surface area (Å²) in [5, 5.41) is 0.452. The lowest BCUT2D eigenvalue weighted by atomic mass is 9.93. The van der Waals surface area contributed by atoms with E-state index in [0.29, 0.717) is 43.4 Å². The van der Waals surface area contributed by atoms with Gasteiger partial charge in [0.1, 0.15) is 11.8 Å². The number of para-hydroxylation sites is 1. The minimum absolute atomic E-state index is 0.177. The number of carbonyl (C=O) groups is 1. The first-order chi connectivity index (χ1) is 24.9. The maximum absolute atomic E-state index is 14.8. The van der Waals surface area contributed by atoms with E-state index in [-0.39, 0.29) is 12.2 Å². The summed E-state index contributed by atoms with van der Waals surface area (Å²) in [6.07, 6.45) is 3.21. The molecule has 51 heavy (non-hydrogen) atoms. The van der Waals surface area contributed by atoms with Crippen LogP contribution in [0.3, 0.4) is 0 Å². The van der Waals surface area contributed by atoms with Crippen LogP contribution < -0.4 is 19.6 Å². The molecule has 0 fully saturated rings. The van der Waals surface area contributed by atoms with Crippen LogP contribution in [0.15, 0.2) is 136 Å². The number of thiazole rings is 1. The van der Waals surface area contributed by atoms with Gasteiger partial charge >= 0.3 is 5.97 Å². The molecule has 7 rings (SSSR count). The van der Waals surface area contributed by atoms with Crippen LogP contribution in [0, 0.1) is 0 Å². The van der Waals surface area contributed by atoms with E-state index in [0.717, 1.165) is 40.2 Å². The summed E-state index contributed by atoms with van der Waals surface area (Å²) in [7, 11) is 1.56. The van der Waals surface area contributed by atoms with Gasteiger partial charge in [0.25, 0.3) is 5.56 Å². The number of ether oxygens (including phenoxy) is 2. The standard InChI is InChI=1S/C42H36ClN3O4S/c1-4-15-33-37(41(48)50-5-2)39(32-26-30(43)22-23-35(32)49-3)46-40(47)36(51-42(46)44-33)25-29-24-34(27-16-9-6-10-17-27)45(31-20-13-8-14-21-31)38(29)28-18-11-7-12-19-28/h6-14,16-26,39H,4-5,15H2,1-3H3/b36-25+/t39-/m0/s1. The minimum Gasteiger partial charge on any atom is -0.496 e.